The zero-order chi connectivity index (χ0) is 23.7. The molecule has 0 N–H and O–H groups in total. The minimum atomic E-state index is -0.145. The quantitative estimate of drug-likeness (QED) is 0.411. The van der Waals surface area contributed by atoms with Crippen LogP contribution in [-0.4, -0.2) is 29.7 Å². The highest BCUT2D eigenvalue weighted by atomic mass is 16.2. The molecule has 0 unspecified atom stereocenters. The lowest BCUT2D eigenvalue weighted by atomic mass is 10.2. The normalized spacial score (nSPS) is 11.1. The minimum Gasteiger partial charge on any atom is -0.295 e. The summed E-state index contributed by atoms with van der Waals surface area (Å²) >= 11 is 0. The van der Waals surface area contributed by atoms with E-state index in [0.717, 1.165) is 11.0 Å². The molecule has 0 aromatic carbocycles. The second-order valence-corrected chi connectivity index (χ2v) is 7.80. The summed E-state index contributed by atoms with van der Waals surface area (Å²) in [6.45, 7) is 0. The molecule has 0 radical (unpaired) electrons. The maximum Gasteiger partial charge on any atom is 0.263 e. The SMILES string of the molecule is O=C(CCC(=O)n1cccc1)n1cccc1.O=c1c2cc3cccn3c(=O)c2cc2cccn12. The molecule has 0 aliphatic carbocycles. The minimum absolute atomic E-state index is 0.0643. The molecule has 8 nitrogen and oxygen atoms in total. The molecule has 0 amide bonds. The average molecular weight is 452 g/mol. The van der Waals surface area contributed by atoms with E-state index in [1.165, 1.54) is 9.13 Å². The molecule has 0 spiro atoms. The highest BCUT2D eigenvalue weighted by molar-refractivity contribution is 5.88. The third kappa shape index (κ3) is 3.81. The zero-order valence-corrected chi connectivity index (χ0v) is 18.1. The molecule has 8 heteroatoms. The number of fused-ring (bicyclic) bond motifs is 3. The van der Waals surface area contributed by atoms with Crippen molar-refractivity contribution in [3.05, 3.63) is 119 Å². The molecule has 6 heterocycles. The first-order valence-corrected chi connectivity index (χ1v) is 10.7. The van der Waals surface area contributed by atoms with Crippen LogP contribution >= 0.6 is 0 Å². The number of hydrogen-bond acceptors (Lipinski definition) is 4. The van der Waals surface area contributed by atoms with Crippen LogP contribution in [0.4, 0.5) is 0 Å². The summed E-state index contributed by atoms with van der Waals surface area (Å²) in [7, 11) is 0. The maximum atomic E-state index is 12.3. The van der Waals surface area contributed by atoms with E-state index in [-0.39, 0.29) is 35.8 Å². The zero-order valence-electron chi connectivity index (χ0n) is 18.1. The van der Waals surface area contributed by atoms with Crippen molar-refractivity contribution in [1.82, 2.24) is 17.9 Å². The van der Waals surface area contributed by atoms with E-state index < -0.39 is 0 Å². The summed E-state index contributed by atoms with van der Waals surface area (Å²) in [5, 5.41) is 0.935. The van der Waals surface area contributed by atoms with Crippen molar-refractivity contribution in [1.29, 1.82) is 0 Å². The molecule has 0 atom stereocenters. The lowest BCUT2D eigenvalue weighted by Crippen LogP contribution is -2.18. The van der Waals surface area contributed by atoms with E-state index in [0.29, 0.717) is 10.8 Å². The van der Waals surface area contributed by atoms with Crippen LogP contribution in [-0.2, 0) is 0 Å². The Morgan fingerprint density at radius 2 is 0.941 bits per heavy atom. The van der Waals surface area contributed by atoms with Crippen LogP contribution in [0.5, 0.6) is 0 Å². The molecule has 0 aliphatic heterocycles. The molecule has 0 bridgehead atoms. The second kappa shape index (κ2) is 8.67. The molecule has 34 heavy (non-hydrogen) atoms. The third-order valence-corrected chi connectivity index (χ3v) is 5.67. The molecule has 168 valence electrons. The summed E-state index contributed by atoms with van der Waals surface area (Å²) in [5.41, 5.74) is 1.20. The number of rotatable bonds is 3. The molecule has 6 aromatic rings. The smallest absolute Gasteiger partial charge is 0.263 e. The highest BCUT2D eigenvalue weighted by Crippen LogP contribution is 2.13. The van der Waals surface area contributed by atoms with Crippen molar-refractivity contribution in [3.8, 4) is 0 Å². The van der Waals surface area contributed by atoms with Gasteiger partial charge in [0.25, 0.3) is 11.1 Å². The Hall–Kier alpha value is -4.72. The molecule has 0 saturated heterocycles. The third-order valence-electron chi connectivity index (χ3n) is 5.67. The lowest BCUT2D eigenvalue weighted by molar-refractivity contribution is 0.0831. The van der Waals surface area contributed by atoms with Crippen LogP contribution in [0.15, 0.2) is 107 Å². The predicted molar refractivity (Wildman–Crippen MR) is 129 cm³/mol. The van der Waals surface area contributed by atoms with E-state index in [9.17, 15) is 19.2 Å². The van der Waals surface area contributed by atoms with Crippen LogP contribution in [0.2, 0.25) is 0 Å². The van der Waals surface area contributed by atoms with Crippen molar-refractivity contribution in [2.45, 2.75) is 12.8 Å². The molecular formula is C26H20N4O4. The summed E-state index contributed by atoms with van der Waals surface area (Å²) < 4.78 is 6.09. The Labute approximate surface area is 192 Å². The monoisotopic (exact) mass is 452 g/mol. The van der Waals surface area contributed by atoms with Gasteiger partial charge in [0.15, 0.2) is 0 Å². The van der Waals surface area contributed by atoms with Gasteiger partial charge >= 0.3 is 0 Å². The Balaban J connectivity index is 0.000000143. The highest BCUT2D eigenvalue weighted by Gasteiger charge is 2.10. The second-order valence-electron chi connectivity index (χ2n) is 7.80. The Morgan fingerprint density at radius 3 is 1.32 bits per heavy atom. The van der Waals surface area contributed by atoms with Gasteiger partial charge in [-0.2, -0.15) is 0 Å². The van der Waals surface area contributed by atoms with Crippen molar-refractivity contribution in [3.63, 3.8) is 0 Å². The van der Waals surface area contributed by atoms with Crippen LogP contribution in [0, 0.1) is 0 Å². The predicted octanol–water partition coefficient (Wildman–Crippen LogP) is 3.55. The Kier molecular flexibility index (Phi) is 5.39. The van der Waals surface area contributed by atoms with Crippen molar-refractivity contribution >= 4 is 33.6 Å². The fraction of sp³-hybridized carbons (Fsp3) is 0.0769. The maximum absolute atomic E-state index is 12.3. The molecule has 0 aliphatic rings. The number of carbonyl (C=O) groups is 2. The van der Waals surface area contributed by atoms with E-state index >= 15 is 0 Å². The fourth-order valence-corrected chi connectivity index (χ4v) is 3.93. The van der Waals surface area contributed by atoms with Gasteiger partial charge in [-0.25, -0.2) is 0 Å². The van der Waals surface area contributed by atoms with E-state index in [1.807, 2.05) is 12.1 Å². The van der Waals surface area contributed by atoms with E-state index in [4.69, 9.17) is 0 Å². The van der Waals surface area contributed by atoms with E-state index in [2.05, 4.69) is 0 Å². The van der Waals surface area contributed by atoms with Crippen LogP contribution < -0.4 is 11.1 Å². The van der Waals surface area contributed by atoms with Gasteiger partial charge in [-0.05, 0) is 60.7 Å². The summed E-state index contributed by atoms with van der Waals surface area (Å²) in [4.78, 5) is 47.7. The largest absolute Gasteiger partial charge is 0.295 e. The lowest BCUT2D eigenvalue weighted by Gasteiger charge is -2.02. The van der Waals surface area contributed by atoms with Gasteiger partial charge in [-0.15, -0.1) is 0 Å². The van der Waals surface area contributed by atoms with Gasteiger partial charge < -0.3 is 0 Å². The van der Waals surface area contributed by atoms with Gasteiger partial charge in [0, 0.05) is 61.1 Å². The van der Waals surface area contributed by atoms with Gasteiger partial charge in [-0.1, -0.05) is 0 Å². The molecular weight excluding hydrogens is 432 g/mol. The fourth-order valence-electron chi connectivity index (χ4n) is 3.93. The number of hydrogen-bond donors (Lipinski definition) is 0. The standard InChI is InChI=1S/C14H8N2O2.C12H12N2O2/c17-13-12-8-10-4-2-6-16(10)14(18)11(12)7-9-3-1-5-15(9)13;15-11(13-7-1-2-8-13)5-6-12(16)14-9-3-4-10-14/h1-8H;1-4,7-10H,5-6H2. The van der Waals surface area contributed by atoms with Crippen molar-refractivity contribution in [2.24, 2.45) is 0 Å². The summed E-state index contributed by atoms with van der Waals surface area (Å²) in [6, 6.07) is 17.9. The van der Waals surface area contributed by atoms with Crippen molar-refractivity contribution < 1.29 is 9.59 Å². The molecule has 6 rings (SSSR count). The first-order chi connectivity index (χ1) is 16.5. The van der Waals surface area contributed by atoms with Crippen LogP contribution in [0.3, 0.4) is 0 Å². The first kappa shape index (κ1) is 21.1. The summed E-state index contributed by atoms with van der Waals surface area (Å²) in [5.74, 6) is -0.129. The van der Waals surface area contributed by atoms with Crippen LogP contribution in [0.25, 0.3) is 21.8 Å². The first-order valence-electron chi connectivity index (χ1n) is 10.7. The number of nitrogens with zero attached hydrogens (tertiary/aromatic N) is 4. The van der Waals surface area contributed by atoms with E-state index in [1.54, 1.807) is 94.5 Å². The Morgan fingerprint density at radius 1 is 0.559 bits per heavy atom. The number of aromatic nitrogens is 4. The van der Waals surface area contributed by atoms with Gasteiger partial charge in [-0.3, -0.25) is 37.1 Å². The van der Waals surface area contributed by atoms with Crippen LogP contribution in [0.1, 0.15) is 22.4 Å². The molecule has 6 aromatic heterocycles. The molecule has 0 saturated carbocycles. The van der Waals surface area contributed by atoms with Gasteiger partial charge in [0.2, 0.25) is 11.8 Å². The number of carbonyl (C=O) groups excluding carboxylic acids is 2. The van der Waals surface area contributed by atoms with Gasteiger partial charge in [0.1, 0.15) is 0 Å². The molecule has 0 fully saturated rings. The number of pyridine rings is 2. The van der Waals surface area contributed by atoms with Crippen molar-refractivity contribution in [2.75, 3.05) is 0 Å². The Bertz CT molecular complexity index is 1590. The van der Waals surface area contributed by atoms with Gasteiger partial charge in [0.05, 0.1) is 10.8 Å². The topological polar surface area (TPSA) is 87.0 Å². The summed E-state index contributed by atoms with van der Waals surface area (Å²) in [6.07, 6.45) is 10.6. The average Bonchev–Trinajstić information content (AvgIpc) is 3.64.